The fourth-order valence-electron chi connectivity index (χ4n) is 5.43. The van der Waals surface area contributed by atoms with Gasteiger partial charge in [-0.05, 0) is 51.1 Å². The Kier molecular flexibility index (Phi) is 5.35. The second kappa shape index (κ2) is 8.68. The summed E-state index contributed by atoms with van der Waals surface area (Å²) in [4.78, 5) is 0.348. The molecule has 0 radical (unpaired) electrons. The molecule has 2 atom stereocenters. The van der Waals surface area contributed by atoms with Crippen molar-refractivity contribution in [2.75, 3.05) is 0 Å². The van der Waals surface area contributed by atoms with Crippen LogP contribution in [0.5, 0.6) is 0 Å². The van der Waals surface area contributed by atoms with Crippen molar-refractivity contribution in [2.45, 2.75) is 16.1 Å². The highest BCUT2D eigenvalue weighted by molar-refractivity contribution is 7.91. The summed E-state index contributed by atoms with van der Waals surface area (Å²) in [5.41, 5.74) is 7.14. The first-order valence-corrected chi connectivity index (χ1v) is 13.3. The predicted octanol–water partition coefficient (Wildman–Crippen LogP) is 7.68. The van der Waals surface area contributed by atoms with Crippen molar-refractivity contribution in [3.63, 3.8) is 0 Å². The van der Waals surface area contributed by atoms with E-state index in [0.717, 1.165) is 38.9 Å². The van der Waals surface area contributed by atoms with E-state index in [4.69, 9.17) is 0 Å². The Hall–Kier alpha value is -3.95. The van der Waals surface area contributed by atoms with Gasteiger partial charge in [0.15, 0.2) is 9.84 Å². The Balaban J connectivity index is 1.72. The van der Waals surface area contributed by atoms with Gasteiger partial charge in [-0.15, -0.1) is 0 Å². The Labute approximate surface area is 206 Å². The molecule has 0 aromatic heterocycles. The number of hydrogen-bond acceptors (Lipinski definition) is 2. The van der Waals surface area contributed by atoms with E-state index in [0.29, 0.717) is 4.90 Å². The van der Waals surface area contributed by atoms with Crippen molar-refractivity contribution in [3.05, 3.63) is 150 Å². The standard InChI is InChI=1S/C32H24O2S/c33-35(34,25-17-8-3-9-18-25)32-29-20-11-10-19-27(29)28-22-12-21-26(23-13-4-1-5-14-23)31(28)30(32)24-15-6-2-7-16-24/h1-22,30,32H/t30-,32-/m0/s1. The Bertz CT molecular complexity index is 1580. The molecule has 0 bridgehead atoms. The van der Waals surface area contributed by atoms with E-state index in [1.165, 1.54) is 0 Å². The van der Waals surface area contributed by atoms with Crippen LogP contribution in [0.2, 0.25) is 0 Å². The SMILES string of the molecule is O=S(=O)(c1ccccc1)[C@H]1c2ccccc2-c2cccc(-c3ccccc3)c2[C@@H]1c1ccccc1. The van der Waals surface area contributed by atoms with Crippen molar-refractivity contribution in [2.24, 2.45) is 0 Å². The summed E-state index contributed by atoms with van der Waals surface area (Å²) >= 11 is 0. The van der Waals surface area contributed by atoms with Crippen molar-refractivity contribution >= 4 is 9.84 Å². The van der Waals surface area contributed by atoms with Crippen LogP contribution < -0.4 is 0 Å². The molecule has 5 aromatic rings. The lowest BCUT2D eigenvalue weighted by atomic mass is 9.72. The monoisotopic (exact) mass is 472 g/mol. The zero-order chi connectivity index (χ0) is 23.8. The average molecular weight is 473 g/mol. The van der Waals surface area contributed by atoms with E-state index < -0.39 is 15.1 Å². The lowest BCUT2D eigenvalue weighted by molar-refractivity contribution is 0.570. The van der Waals surface area contributed by atoms with Gasteiger partial charge in [0.05, 0.1) is 4.90 Å². The molecular formula is C32H24O2S. The third kappa shape index (κ3) is 3.60. The van der Waals surface area contributed by atoms with Crippen LogP contribution >= 0.6 is 0 Å². The fourth-order valence-corrected chi connectivity index (χ4v) is 7.45. The summed E-state index contributed by atoms with van der Waals surface area (Å²) in [6, 6.07) is 43.5. The maximum Gasteiger partial charge on any atom is 0.186 e. The molecule has 6 rings (SSSR count). The van der Waals surface area contributed by atoms with Gasteiger partial charge in [0.25, 0.3) is 0 Å². The highest BCUT2D eigenvalue weighted by Crippen LogP contribution is 2.55. The minimum atomic E-state index is -3.71. The largest absolute Gasteiger partial charge is 0.223 e. The van der Waals surface area contributed by atoms with Gasteiger partial charge in [0, 0.05) is 5.92 Å². The molecule has 2 nitrogen and oxygen atoms in total. The summed E-state index contributed by atoms with van der Waals surface area (Å²) in [6.07, 6.45) is 0. The second-order valence-electron chi connectivity index (χ2n) is 8.89. The minimum Gasteiger partial charge on any atom is -0.223 e. The van der Waals surface area contributed by atoms with Gasteiger partial charge in [-0.25, -0.2) is 8.42 Å². The Morgan fingerprint density at radius 2 is 1.03 bits per heavy atom. The maximum absolute atomic E-state index is 14.4. The molecule has 170 valence electrons. The Morgan fingerprint density at radius 3 is 1.74 bits per heavy atom. The molecule has 1 aliphatic rings. The molecule has 0 N–H and O–H groups in total. The zero-order valence-corrected chi connectivity index (χ0v) is 19.9. The normalized spacial score (nSPS) is 16.8. The summed E-state index contributed by atoms with van der Waals surface area (Å²) in [7, 11) is -3.71. The van der Waals surface area contributed by atoms with Crippen molar-refractivity contribution in [1.82, 2.24) is 0 Å². The van der Waals surface area contributed by atoms with Gasteiger partial charge >= 0.3 is 0 Å². The smallest absolute Gasteiger partial charge is 0.186 e. The molecule has 0 amide bonds. The van der Waals surface area contributed by atoms with Crippen LogP contribution in [-0.4, -0.2) is 8.42 Å². The van der Waals surface area contributed by atoms with Crippen LogP contribution in [0.25, 0.3) is 22.3 Å². The molecule has 35 heavy (non-hydrogen) atoms. The molecule has 0 saturated carbocycles. The molecule has 1 aliphatic carbocycles. The molecule has 0 fully saturated rings. The molecule has 0 aliphatic heterocycles. The molecule has 0 saturated heterocycles. The number of rotatable bonds is 4. The fraction of sp³-hybridized carbons (Fsp3) is 0.0625. The number of hydrogen-bond donors (Lipinski definition) is 0. The highest BCUT2D eigenvalue weighted by Gasteiger charge is 2.44. The van der Waals surface area contributed by atoms with Gasteiger partial charge in [-0.1, -0.05) is 121 Å². The topological polar surface area (TPSA) is 34.1 Å². The van der Waals surface area contributed by atoms with Gasteiger partial charge in [-0.3, -0.25) is 0 Å². The van der Waals surface area contributed by atoms with E-state index >= 15 is 0 Å². The van der Waals surface area contributed by atoms with Crippen LogP contribution in [-0.2, 0) is 9.84 Å². The molecular weight excluding hydrogens is 448 g/mol. The number of fused-ring (bicyclic) bond motifs is 3. The molecule has 0 unspecified atom stereocenters. The second-order valence-corrected chi connectivity index (χ2v) is 11.0. The van der Waals surface area contributed by atoms with Gasteiger partial charge in [0.1, 0.15) is 5.25 Å². The van der Waals surface area contributed by atoms with E-state index in [9.17, 15) is 8.42 Å². The quantitative estimate of drug-likeness (QED) is 0.269. The summed E-state index contributed by atoms with van der Waals surface area (Å²) in [5.74, 6) is -0.359. The van der Waals surface area contributed by atoms with Crippen LogP contribution in [0.1, 0.15) is 27.9 Å². The molecule has 0 heterocycles. The minimum absolute atomic E-state index is 0.348. The Morgan fingerprint density at radius 1 is 0.486 bits per heavy atom. The molecule has 5 aromatic carbocycles. The third-order valence-corrected chi connectivity index (χ3v) is 9.05. The summed E-state index contributed by atoms with van der Waals surface area (Å²) in [5, 5.41) is -0.749. The van der Waals surface area contributed by atoms with E-state index in [1.807, 2.05) is 60.7 Å². The van der Waals surface area contributed by atoms with Crippen molar-refractivity contribution < 1.29 is 8.42 Å². The lowest BCUT2D eigenvalue weighted by Gasteiger charge is -2.37. The first-order chi connectivity index (χ1) is 17.2. The van der Waals surface area contributed by atoms with Gasteiger partial charge in [-0.2, -0.15) is 0 Å². The highest BCUT2D eigenvalue weighted by atomic mass is 32.2. The lowest BCUT2D eigenvalue weighted by Crippen LogP contribution is -2.27. The van der Waals surface area contributed by atoms with Crippen LogP contribution in [0, 0.1) is 0 Å². The first-order valence-electron chi connectivity index (χ1n) is 11.8. The number of sulfone groups is 1. The zero-order valence-electron chi connectivity index (χ0n) is 19.1. The van der Waals surface area contributed by atoms with Crippen molar-refractivity contribution in [1.29, 1.82) is 0 Å². The number of benzene rings is 5. The molecule has 3 heteroatoms. The van der Waals surface area contributed by atoms with E-state index in [2.05, 4.69) is 48.5 Å². The average Bonchev–Trinajstić information content (AvgIpc) is 2.93. The third-order valence-electron chi connectivity index (χ3n) is 6.93. The van der Waals surface area contributed by atoms with E-state index in [-0.39, 0.29) is 5.92 Å². The van der Waals surface area contributed by atoms with Crippen LogP contribution in [0.15, 0.2) is 138 Å². The first kappa shape index (κ1) is 21.6. The van der Waals surface area contributed by atoms with Crippen LogP contribution in [0.4, 0.5) is 0 Å². The van der Waals surface area contributed by atoms with Crippen LogP contribution in [0.3, 0.4) is 0 Å². The van der Waals surface area contributed by atoms with Gasteiger partial charge in [0.2, 0.25) is 0 Å². The van der Waals surface area contributed by atoms with Gasteiger partial charge < -0.3 is 0 Å². The van der Waals surface area contributed by atoms with E-state index in [1.54, 1.807) is 24.3 Å². The summed E-state index contributed by atoms with van der Waals surface area (Å²) in [6.45, 7) is 0. The summed E-state index contributed by atoms with van der Waals surface area (Å²) < 4.78 is 28.8. The molecule has 0 spiro atoms. The maximum atomic E-state index is 14.4. The van der Waals surface area contributed by atoms with Crippen molar-refractivity contribution in [3.8, 4) is 22.3 Å². The predicted molar refractivity (Wildman–Crippen MR) is 142 cm³/mol.